The number of ether oxygens (including phenoxy) is 1. The third-order valence-electron chi connectivity index (χ3n) is 7.54. The smallest absolute Gasteiger partial charge is 0.245 e. The molecule has 4 fully saturated rings. The maximum absolute atomic E-state index is 13.3. The zero-order chi connectivity index (χ0) is 20.4. The largest absolute Gasteiger partial charge is 0.367 e. The molecule has 1 aromatic heterocycles. The minimum absolute atomic E-state index is 0.00311. The Morgan fingerprint density at radius 2 is 2.04 bits per heavy atom. The van der Waals surface area contributed by atoms with E-state index in [4.69, 9.17) is 6.11 Å². The minimum Gasteiger partial charge on any atom is -0.367 e. The summed E-state index contributed by atoms with van der Waals surface area (Å²) in [6, 6.07) is -0.310. The summed E-state index contributed by atoms with van der Waals surface area (Å²) >= 11 is 0. The number of amides is 2. The Morgan fingerprint density at radius 1 is 1.25 bits per heavy atom. The number of aromatic nitrogens is 2. The lowest BCUT2D eigenvalue weighted by Crippen LogP contribution is -2.66. The van der Waals surface area contributed by atoms with Crippen molar-refractivity contribution < 1.29 is 15.7 Å². The van der Waals surface area contributed by atoms with Gasteiger partial charge < -0.3 is 19.1 Å². The topological polar surface area (TPSA) is 67.7 Å². The minimum atomic E-state index is -0.726. The summed E-state index contributed by atoms with van der Waals surface area (Å²) in [4.78, 5) is 34.4. The van der Waals surface area contributed by atoms with Crippen LogP contribution in [0.3, 0.4) is 0 Å². The lowest BCUT2D eigenvalue weighted by Gasteiger charge is -2.49. The average molecular weight is 388 g/mol. The number of hydrogen-bond acceptors (Lipinski definition) is 4. The van der Waals surface area contributed by atoms with Crippen LogP contribution in [0.5, 0.6) is 0 Å². The number of carbonyl (C=O) groups is 2. The highest BCUT2D eigenvalue weighted by Crippen LogP contribution is 2.55. The molecule has 2 amide bonds. The number of imidazole rings is 1. The molecule has 0 N–H and O–H groups in total. The molecule has 4 heterocycles. The fourth-order valence-electron chi connectivity index (χ4n) is 5.46. The fourth-order valence-corrected chi connectivity index (χ4v) is 5.46. The quantitative estimate of drug-likeness (QED) is 0.793. The van der Waals surface area contributed by atoms with Gasteiger partial charge in [-0.05, 0) is 50.4 Å². The fraction of sp³-hybridized carbons (Fsp3) is 0.762. The van der Waals surface area contributed by atoms with E-state index in [1.165, 1.54) is 0 Å². The first-order valence-electron chi connectivity index (χ1n) is 11.0. The molecule has 1 aromatic rings. The standard InChI is InChI=1S/C21H30N4O3/c1-23-12-11-22-19(23)21(28-2)13-24(14-21)18(27)16-4-3-15-5-7-20(9-10-20)8-6-17(26)25(15)16/h11-12,15-16H,3-10,13-14H2,1-2H3/t15-,16+/m1/s1/i6D/t6-,15+,16-/m0. The maximum atomic E-state index is 13.3. The summed E-state index contributed by atoms with van der Waals surface area (Å²) in [6.45, 7) is 0.896. The summed E-state index contributed by atoms with van der Waals surface area (Å²) < 4.78 is 16.1. The van der Waals surface area contributed by atoms with Crippen LogP contribution >= 0.6 is 0 Å². The van der Waals surface area contributed by atoms with E-state index in [1.54, 1.807) is 23.1 Å². The molecule has 1 aliphatic carbocycles. The second-order valence-corrected chi connectivity index (χ2v) is 9.19. The van der Waals surface area contributed by atoms with Gasteiger partial charge in [0.2, 0.25) is 11.8 Å². The van der Waals surface area contributed by atoms with Gasteiger partial charge in [-0.15, -0.1) is 0 Å². The van der Waals surface area contributed by atoms with Crippen molar-refractivity contribution in [2.45, 2.75) is 69.0 Å². The van der Waals surface area contributed by atoms with Crippen molar-refractivity contribution in [3.63, 3.8) is 0 Å². The van der Waals surface area contributed by atoms with Gasteiger partial charge in [0.15, 0.2) is 5.60 Å². The van der Waals surface area contributed by atoms with Crippen LogP contribution in [-0.4, -0.2) is 63.4 Å². The Kier molecular flexibility index (Phi) is 3.83. The summed E-state index contributed by atoms with van der Waals surface area (Å²) in [5.41, 5.74) is -0.337. The molecule has 28 heavy (non-hydrogen) atoms. The van der Waals surface area contributed by atoms with E-state index in [2.05, 4.69) is 4.98 Å². The number of nitrogens with zero attached hydrogens (tertiary/aromatic N) is 4. The van der Waals surface area contributed by atoms with Gasteiger partial charge in [-0.1, -0.05) is 0 Å². The number of rotatable bonds is 3. The molecule has 1 saturated carbocycles. The second kappa shape index (κ2) is 6.31. The number of hydrogen-bond donors (Lipinski definition) is 0. The molecule has 3 saturated heterocycles. The van der Waals surface area contributed by atoms with Crippen molar-refractivity contribution >= 4 is 11.8 Å². The molecular formula is C21H30N4O3. The molecule has 5 rings (SSSR count). The van der Waals surface area contributed by atoms with Crippen LogP contribution in [0, 0.1) is 5.41 Å². The van der Waals surface area contributed by atoms with Crippen molar-refractivity contribution in [1.29, 1.82) is 0 Å². The number of methoxy groups -OCH3 is 1. The van der Waals surface area contributed by atoms with Gasteiger partial charge in [0.25, 0.3) is 0 Å². The normalized spacial score (nSPS) is 33.7. The first kappa shape index (κ1) is 17.0. The SMILES string of the molecule is [2H][C@H]1CC2(CC[C@H]3CC[C@@H](C(=O)N4CC(OC)(c5nccn5C)C4)N3C1=O)CC2. The number of likely N-dealkylation sites (tertiary alicyclic amines) is 1. The highest BCUT2D eigenvalue weighted by molar-refractivity contribution is 5.89. The molecule has 0 unspecified atom stereocenters. The van der Waals surface area contributed by atoms with E-state index in [0.717, 1.165) is 37.9 Å². The van der Waals surface area contributed by atoms with Gasteiger partial charge in [0.1, 0.15) is 11.9 Å². The Hall–Kier alpha value is -1.89. The molecule has 7 nitrogen and oxygen atoms in total. The Labute approximate surface area is 167 Å². The molecule has 3 aliphatic heterocycles. The first-order chi connectivity index (χ1) is 13.9. The van der Waals surface area contributed by atoms with Crippen LogP contribution in [0.25, 0.3) is 0 Å². The van der Waals surface area contributed by atoms with Gasteiger partial charge in [-0.2, -0.15) is 0 Å². The average Bonchev–Trinajstić information content (AvgIpc) is 3.09. The van der Waals surface area contributed by atoms with E-state index in [0.29, 0.717) is 25.9 Å². The van der Waals surface area contributed by atoms with Crippen molar-refractivity contribution in [2.75, 3.05) is 20.2 Å². The molecule has 152 valence electrons. The molecule has 0 aromatic carbocycles. The third-order valence-corrected chi connectivity index (χ3v) is 7.54. The Morgan fingerprint density at radius 3 is 2.68 bits per heavy atom. The lowest BCUT2D eigenvalue weighted by atomic mass is 9.89. The van der Waals surface area contributed by atoms with E-state index >= 15 is 0 Å². The van der Waals surface area contributed by atoms with E-state index < -0.39 is 18.0 Å². The highest BCUT2D eigenvalue weighted by Gasteiger charge is 2.54. The molecule has 3 atom stereocenters. The number of carbonyl (C=O) groups excluding carboxylic acids is 2. The van der Waals surface area contributed by atoms with Crippen molar-refractivity contribution in [2.24, 2.45) is 12.5 Å². The summed E-state index contributed by atoms with van der Waals surface area (Å²) in [7, 11) is 3.58. The van der Waals surface area contributed by atoms with Gasteiger partial charge in [-0.3, -0.25) is 9.59 Å². The monoisotopic (exact) mass is 387 g/mol. The van der Waals surface area contributed by atoms with Crippen LogP contribution < -0.4 is 0 Å². The maximum Gasteiger partial charge on any atom is 0.245 e. The van der Waals surface area contributed by atoms with Crippen LogP contribution in [0.2, 0.25) is 0 Å². The third kappa shape index (κ3) is 2.70. The van der Waals surface area contributed by atoms with Gasteiger partial charge >= 0.3 is 0 Å². The molecule has 0 bridgehead atoms. The Bertz CT molecular complexity index is 830. The predicted molar refractivity (Wildman–Crippen MR) is 102 cm³/mol. The van der Waals surface area contributed by atoms with Gasteiger partial charge in [0.05, 0.1) is 13.1 Å². The molecule has 0 radical (unpaired) electrons. The molecular weight excluding hydrogens is 356 g/mol. The number of aryl methyl sites for hydroxylation is 1. The summed E-state index contributed by atoms with van der Waals surface area (Å²) in [5, 5.41) is 0. The first-order valence-corrected chi connectivity index (χ1v) is 10.4. The van der Waals surface area contributed by atoms with Gasteiger partial charge in [-0.25, -0.2) is 4.98 Å². The number of fused-ring (bicyclic) bond motifs is 1. The lowest BCUT2D eigenvalue weighted by molar-refractivity contribution is -0.173. The van der Waals surface area contributed by atoms with Gasteiger partial charge in [0, 0.05) is 40.4 Å². The summed E-state index contributed by atoms with van der Waals surface area (Å²) in [5.74, 6) is 0.674. The van der Waals surface area contributed by atoms with E-state index in [9.17, 15) is 9.59 Å². The van der Waals surface area contributed by atoms with Crippen molar-refractivity contribution in [3.8, 4) is 0 Å². The van der Waals surface area contributed by atoms with Crippen LogP contribution in [0.4, 0.5) is 0 Å². The van der Waals surface area contributed by atoms with Crippen LogP contribution in [-0.2, 0) is 27.0 Å². The van der Waals surface area contributed by atoms with Crippen molar-refractivity contribution in [3.05, 3.63) is 18.2 Å². The van der Waals surface area contributed by atoms with Crippen LogP contribution in [0.15, 0.2) is 12.4 Å². The molecule has 1 spiro atoms. The Balaban J connectivity index is 1.31. The molecule has 4 aliphatic rings. The second-order valence-electron chi connectivity index (χ2n) is 9.19. The van der Waals surface area contributed by atoms with Crippen molar-refractivity contribution in [1.82, 2.24) is 19.4 Å². The van der Waals surface area contributed by atoms with E-state index in [-0.39, 0.29) is 23.3 Å². The molecule has 7 heteroatoms. The highest BCUT2D eigenvalue weighted by atomic mass is 16.5. The summed E-state index contributed by atoms with van der Waals surface area (Å²) in [6.07, 6.45) is 9.49. The predicted octanol–water partition coefficient (Wildman–Crippen LogP) is 1.82. The zero-order valence-corrected chi connectivity index (χ0v) is 16.8. The zero-order valence-electron chi connectivity index (χ0n) is 17.8. The van der Waals surface area contributed by atoms with E-state index in [1.807, 2.05) is 17.8 Å². The van der Waals surface area contributed by atoms with Crippen LogP contribution in [0.1, 0.15) is 58.5 Å².